The molecule has 0 saturated carbocycles. The Morgan fingerprint density at radius 2 is 2.08 bits per heavy atom. The van der Waals surface area contributed by atoms with Gasteiger partial charge in [0.15, 0.2) is 11.4 Å². The zero-order valence-electron chi connectivity index (χ0n) is 13.5. The highest BCUT2D eigenvalue weighted by molar-refractivity contribution is 5.90. The van der Waals surface area contributed by atoms with E-state index >= 15 is 0 Å². The monoisotopic (exact) mass is 325 g/mol. The second-order valence-corrected chi connectivity index (χ2v) is 6.76. The molecule has 1 atom stereocenters. The van der Waals surface area contributed by atoms with Gasteiger partial charge < -0.3 is 19.2 Å². The molecule has 0 spiro atoms. The lowest BCUT2D eigenvalue weighted by atomic mass is 9.84. The van der Waals surface area contributed by atoms with Crippen molar-refractivity contribution >= 4 is 16.8 Å². The van der Waals surface area contributed by atoms with Crippen molar-refractivity contribution in [3.05, 3.63) is 24.1 Å². The molecule has 3 saturated heterocycles. The Bertz CT molecular complexity index is 878. The van der Waals surface area contributed by atoms with Crippen LogP contribution in [0.15, 0.2) is 27.1 Å². The van der Waals surface area contributed by atoms with Crippen LogP contribution in [0.5, 0.6) is 0 Å². The lowest BCUT2D eigenvalue weighted by molar-refractivity contribution is 0.0973. The van der Waals surface area contributed by atoms with Crippen LogP contribution in [0.4, 0.5) is 5.82 Å². The molecule has 3 aromatic rings. The van der Waals surface area contributed by atoms with Crippen molar-refractivity contribution in [3.63, 3.8) is 0 Å². The molecule has 0 unspecified atom stereocenters. The number of aryl methyl sites for hydroxylation is 1. The molecule has 5 heterocycles. The maximum atomic E-state index is 5.52. The lowest BCUT2D eigenvalue weighted by Crippen LogP contribution is -2.53. The van der Waals surface area contributed by atoms with Gasteiger partial charge in [0.2, 0.25) is 11.8 Å². The van der Waals surface area contributed by atoms with Crippen molar-refractivity contribution in [2.24, 2.45) is 5.92 Å². The third-order valence-corrected chi connectivity index (χ3v) is 5.22. The van der Waals surface area contributed by atoms with Gasteiger partial charge in [-0.05, 0) is 50.0 Å². The van der Waals surface area contributed by atoms with E-state index in [1.807, 2.05) is 18.2 Å². The van der Waals surface area contributed by atoms with Crippen LogP contribution in [-0.2, 0) is 0 Å². The van der Waals surface area contributed by atoms with Crippen LogP contribution >= 0.6 is 0 Å². The number of piperidine rings is 3. The van der Waals surface area contributed by atoms with Crippen molar-refractivity contribution in [2.75, 3.05) is 25.0 Å². The van der Waals surface area contributed by atoms with Crippen LogP contribution in [0, 0.1) is 12.8 Å². The first-order valence-electron chi connectivity index (χ1n) is 8.45. The maximum Gasteiger partial charge on any atom is 0.247 e. The van der Waals surface area contributed by atoms with Gasteiger partial charge in [-0.3, -0.25) is 0 Å². The molecule has 0 radical (unpaired) electrons. The van der Waals surface area contributed by atoms with E-state index in [4.69, 9.17) is 8.94 Å². The number of hydrogen-bond donors (Lipinski definition) is 1. The smallest absolute Gasteiger partial charge is 0.247 e. The Hall–Kier alpha value is -2.41. The van der Waals surface area contributed by atoms with E-state index in [9.17, 15) is 0 Å². The van der Waals surface area contributed by atoms with Crippen molar-refractivity contribution in [1.82, 2.24) is 20.3 Å². The molecule has 7 heteroatoms. The highest BCUT2D eigenvalue weighted by atomic mass is 16.5. The van der Waals surface area contributed by atoms with Crippen LogP contribution in [0.25, 0.3) is 22.4 Å². The van der Waals surface area contributed by atoms with E-state index in [0.717, 1.165) is 34.8 Å². The minimum atomic E-state index is 0.457. The number of hydrogen-bond acceptors (Lipinski definition) is 7. The number of fused-ring (bicyclic) bond motifs is 4. The average molecular weight is 325 g/mol. The fourth-order valence-corrected chi connectivity index (χ4v) is 3.89. The first kappa shape index (κ1) is 14.0. The number of aromatic nitrogens is 3. The molecule has 3 aliphatic rings. The summed E-state index contributed by atoms with van der Waals surface area (Å²) in [5.74, 6) is 2.62. The Labute approximate surface area is 139 Å². The first-order valence-corrected chi connectivity index (χ1v) is 8.45. The third kappa shape index (κ3) is 2.27. The van der Waals surface area contributed by atoms with Gasteiger partial charge in [-0.25, -0.2) is 0 Å². The summed E-state index contributed by atoms with van der Waals surface area (Å²) in [6.45, 7) is 5.34. The van der Waals surface area contributed by atoms with E-state index in [1.165, 1.54) is 25.9 Å². The highest BCUT2D eigenvalue weighted by Gasteiger charge is 2.34. The van der Waals surface area contributed by atoms with Crippen molar-refractivity contribution in [1.29, 1.82) is 0 Å². The Morgan fingerprint density at radius 3 is 2.79 bits per heavy atom. The summed E-state index contributed by atoms with van der Waals surface area (Å²) in [6, 6.07) is 6.33. The molecule has 3 fully saturated rings. The van der Waals surface area contributed by atoms with Crippen LogP contribution in [0.1, 0.15) is 18.7 Å². The highest BCUT2D eigenvalue weighted by Crippen LogP contribution is 2.33. The van der Waals surface area contributed by atoms with Crippen LogP contribution in [0.2, 0.25) is 0 Å². The Morgan fingerprint density at radius 1 is 1.21 bits per heavy atom. The molecule has 124 valence electrons. The third-order valence-electron chi connectivity index (χ3n) is 5.22. The summed E-state index contributed by atoms with van der Waals surface area (Å²) in [5, 5.41) is 16.8. The standard InChI is InChI=1S/C17H19N5O2/c1-10-19-20-17(23-10)12-2-3-13-15(8-12)24-21-16(13)18-14-9-22-6-4-11(14)5-7-22/h2-3,8,11,14H,4-7,9H2,1H3,(H,18,21)/t14-/m0/s1. The van der Waals surface area contributed by atoms with Gasteiger partial charge in [0.25, 0.3) is 0 Å². The summed E-state index contributed by atoms with van der Waals surface area (Å²) in [5.41, 5.74) is 1.57. The normalized spacial score (nSPS) is 26.1. The van der Waals surface area contributed by atoms with Gasteiger partial charge in [-0.15, -0.1) is 10.2 Å². The Balaban J connectivity index is 1.43. The molecule has 24 heavy (non-hydrogen) atoms. The van der Waals surface area contributed by atoms with E-state index in [1.54, 1.807) is 6.92 Å². The number of rotatable bonds is 3. The zero-order chi connectivity index (χ0) is 16.1. The summed E-state index contributed by atoms with van der Waals surface area (Å²) in [4.78, 5) is 2.52. The summed E-state index contributed by atoms with van der Waals surface area (Å²) in [6.07, 6.45) is 2.54. The minimum Gasteiger partial charge on any atom is -0.421 e. The van der Waals surface area contributed by atoms with Gasteiger partial charge in [-0.2, -0.15) is 0 Å². The fourth-order valence-electron chi connectivity index (χ4n) is 3.89. The largest absolute Gasteiger partial charge is 0.421 e. The molecule has 3 aliphatic heterocycles. The first-order chi connectivity index (χ1) is 11.8. The molecule has 1 aromatic carbocycles. The van der Waals surface area contributed by atoms with Gasteiger partial charge in [0.1, 0.15) is 0 Å². The van der Waals surface area contributed by atoms with Gasteiger partial charge in [0, 0.05) is 25.1 Å². The van der Waals surface area contributed by atoms with Crippen LogP contribution < -0.4 is 5.32 Å². The minimum absolute atomic E-state index is 0.457. The molecular weight excluding hydrogens is 306 g/mol. The Kier molecular flexibility index (Phi) is 3.09. The fraction of sp³-hybridized carbons (Fsp3) is 0.471. The molecular formula is C17H19N5O2. The maximum absolute atomic E-state index is 5.52. The quantitative estimate of drug-likeness (QED) is 0.793. The van der Waals surface area contributed by atoms with Gasteiger partial charge in [0.05, 0.1) is 5.39 Å². The summed E-state index contributed by atoms with van der Waals surface area (Å²) < 4.78 is 11.0. The summed E-state index contributed by atoms with van der Waals surface area (Å²) in [7, 11) is 0. The number of anilines is 1. The van der Waals surface area contributed by atoms with E-state index < -0.39 is 0 Å². The molecule has 2 bridgehead atoms. The van der Waals surface area contributed by atoms with Crippen molar-refractivity contribution in [2.45, 2.75) is 25.8 Å². The predicted octanol–water partition coefficient (Wildman–Crippen LogP) is 2.69. The molecule has 1 N–H and O–H groups in total. The molecule has 0 amide bonds. The van der Waals surface area contributed by atoms with Crippen molar-refractivity contribution in [3.8, 4) is 11.5 Å². The molecule has 7 nitrogen and oxygen atoms in total. The SMILES string of the molecule is Cc1nnc(-c2ccc3c(N[C@H]4CN5CCC4CC5)noc3c2)o1. The molecule has 2 aromatic heterocycles. The number of nitrogens with zero attached hydrogens (tertiary/aromatic N) is 4. The lowest BCUT2D eigenvalue weighted by Gasteiger charge is -2.44. The zero-order valence-corrected chi connectivity index (χ0v) is 13.5. The second kappa shape index (κ2) is 5.31. The number of benzene rings is 1. The van der Waals surface area contributed by atoms with E-state index in [-0.39, 0.29) is 0 Å². The number of nitrogens with one attached hydrogen (secondary N) is 1. The topological polar surface area (TPSA) is 80.2 Å². The summed E-state index contributed by atoms with van der Waals surface area (Å²) >= 11 is 0. The predicted molar refractivity (Wildman–Crippen MR) is 88.6 cm³/mol. The van der Waals surface area contributed by atoms with Crippen molar-refractivity contribution < 1.29 is 8.94 Å². The molecule has 6 rings (SSSR count). The second-order valence-electron chi connectivity index (χ2n) is 6.76. The van der Waals surface area contributed by atoms with Crippen LogP contribution in [0.3, 0.4) is 0 Å². The van der Waals surface area contributed by atoms with Gasteiger partial charge in [-0.1, -0.05) is 5.16 Å². The average Bonchev–Trinajstić information content (AvgIpc) is 3.22. The van der Waals surface area contributed by atoms with Gasteiger partial charge >= 0.3 is 0 Å². The van der Waals surface area contributed by atoms with Crippen LogP contribution in [-0.4, -0.2) is 45.9 Å². The van der Waals surface area contributed by atoms with E-state index in [0.29, 0.717) is 17.8 Å². The molecule has 0 aliphatic carbocycles. The van der Waals surface area contributed by atoms with E-state index in [2.05, 4.69) is 25.6 Å².